The fourth-order valence-electron chi connectivity index (χ4n) is 4.81. The van der Waals surface area contributed by atoms with Crippen molar-refractivity contribution in [1.29, 1.82) is 0 Å². The zero-order chi connectivity index (χ0) is 21.6. The Morgan fingerprint density at radius 2 is 1.97 bits per heavy atom. The molecule has 5 atom stereocenters. The minimum Gasteiger partial charge on any atom is -0.477 e. The number of ketones is 1. The second kappa shape index (κ2) is 8.17. The normalized spacial score (nSPS) is 29.7. The van der Waals surface area contributed by atoms with E-state index in [1.165, 1.54) is 16.7 Å². The molecule has 3 aliphatic rings. The maximum atomic E-state index is 12.5. The highest BCUT2D eigenvalue weighted by Crippen LogP contribution is 2.51. The Morgan fingerprint density at radius 3 is 2.60 bits per heavy atom. The number of rotatable bonds is 7. The molecule has 1 amide bonds. The highest BCUT2D eigenvalue weighted by Gasteiger charge is 2.60. The van der Waals surface area contributed by atoms with Crippen molar-refractivity contribution >= 4 is 29.4 Å². The predicted molar refractivity (Wildman–Crippen MR) is 113 cm³/mol. The molecule has 1 aromatic carbocycles. The fourth-order valence-corrected chi connectivity index (χ4v) is 6.33. The maximum Gasteiger partial charge on any atom is 0.353 e. The number of hydrogen-bond donors (Lipinski definition) is 2. The summed E-state index contributed by atoms with van der Waals surface area (Å²) in [6.45, 7) is 5.34. The number of benzene rings is 1. The Balaban J connectivity index is 1.43. The van der Waals surface area contributed by atoms with Gasteiger partial charge in [-0.25, -0.2) is 4.79 Å². The first-order valence-electron chi connectivity index (χ1n) is 10.3. The number of fused-ring (bicyclic) bond motifs is 1. The number of aliphatic hydroxyl groups is 1. The lowest BCUT2D eigenvalue weighted by Crippen LogP contribution is -2.63. The van der Waals surface area contributed by atoms with Crippen LogP contribution in [0, 0.1) is 11.8 Å². The predicted octanol–water partition coefficient (Wildman–Crippen LogP) is 1.83. The number of aliphatic hydroxyl groups excluding tert-OH is 1. The molecule has 2 saturated heterocycles. The van der Waals surface area contributed by atoms with Crippen molar-refractivity contribution in [1.82, 2.24) is 9.80 Å². The molecular formula is C22H26N2O5S. The molecule has 160 valence electrons. The number of carboxylic acids is 1. The van der Waals surface area contributed by atoms with Crippen LogP contribution in [0.25, 0.3) is 0 Å². The van der Waals surface area contributed by atoms with Crippen LogP contribution in [0.5, 0.6) is 0 Å². The van der Waals surface area contributed by atoms with Gasteiger partial charge in [0.2, 0.25) is 5.91 Å². The molecule has 0 aromatic heterocycles. The molecule has 3 aliphatic heterocycles. The largest absolute Gasteiger partial charge is 0.477 e. The van der Waals surface area contributed by atoms with E-state index in [1.807, 2.05) is 37.3 Å². The number of hydrogen-bond acceptors (Lipinski definition) is 6. The van der Waals surface area contributed by atoms with Gasteiger partial charge in [-0.2, -0.15) is 0 Å². The molecule has 2 fully saturated rings. The Morgan fingerprint density at radius 1 is 1.27 bits per heavy atom. The van der Waals surface area contributed by atoms with Crippen molar-refractivity contribution in [3.05, 3.63) is 46.5 Å². The number of likely N-dealkylation sites (tertiary alicyclic amines) is 1. The molecule has 4 unspecified atom stereocenters. The van der Waals surface area contributed by atoms with Crippen LogP contribution in [0.4, 0.5) is 0 Å². The molecule has 8 heteroatoms. The van der Waals surface area contributed by atoms with Crippen LogP contribution in [0.15, 0.2) is 40.9 Å². The van der Waals surface area contributed by atoms with Crippen LogP contribution in [0.3, 0.4) is 0 Å². The van der Waals surface area contributed by atoms with Gasteiger partial charge in [0.25, 0.3) is 0 Å². The summed E-state index contributed by atoms with van der Waals surface area (Å²) >= 11 is 1.52. The van der Waals surface area contributed by atoms with Gasteiger partial charge >= 0.3 is 5.97 Å². The quantitative estimate of drug-likeness (QED) is 0.503. The Kier molecular flexibility index (Phi) is 5.74. The first-order valence-corrected chi connectivity index (χ1v) is 11.1. The topological polar surface area (TPSA) is 98.2 Å². The summed E-state index contributed by atoms with van der Waals surface area (Å²) in [7, 11) is 0. The summed E-state index contributed by atoms with van der Waals surface area (Å²) in [6, 6.07) is 8.92. The monoisotopic (exact) mass is 430 g/mol. The Labute approximate surface area is 179 Å². The summed E-state index contributed by atoms with van der Waals surface area (Å²) in [5.74, 6) is -2.00. The van der Waals surface area contributed by atoms with Crippen molar-refractivity contribution in [3.8, 4) is 0 Å². The minimum atomic E-state index is -1.10. The lowest BCUT2D eigenvalue weighted by molar-refractivity contribution is -0.163. The van der Waals surface area contributed by atoms with Gasteiger partial charge in [0.1, 0.15) is 5.70 Å². The molecule has 1 aromatic rings. The first kappa shape index (κ1) is 21.1. The summed E-state index contributed by atoms with van der Waals surface area (Å²) < 4.78 is 0. The van der Waals surface area contributed by atoms with E-state index < -0.39 is 18.0 Å². The zero-order valence-corrected chi connectivity index (χ0v) is 17.8. The Bertz CT molecular complexity index is 900. The van der Waals surface area contributed by atoms with Gasteiger partial charge in [0, 0.05) is 28.2 Å². The average Bonchev–Trinajstić information content (AvgIpc) is 3.23. The van der Waals surface area contributed by atoms with Gasteiger partial charge in [0.15, 0.2) is 5.78 Å². The second-order valence-corrected chi connectivity index (χ2v) is 9.67. The smallest absolute Gasteiger partial charge is 0.353 e. The highest BCUT2D eigenvalue weighted by atomic mass is 32.2. The molecule has 0 radical (unpaired) electrons. The second-order valence-electron chi connectivity index (χ2n) is 8.32. The van der Waals surface area contributed by atoms with Gasteiger partial charge in [-0.05, 0) is 19.9 Å². The van der Waals surface area contributed by atoms with Crippen LogP contribution in [0.2, 0.25) is 0 Å². The van der Waals surface area contributed by atoms with Gasteiger partial charge < -0.3 is 15.1 Å². The summed E-state index contributed by atoms with van der Waals surface area (Å²) in [5.41, 5.74) is 0.763. The van der Waals surface area contributed by atoms with Crippen LogP contribution in [-0.2, 0) is 9.59 Å². The van der Waals surface area contributed by atoms with E-state index in [1.54, 1.807) is 6.92 Å². The van der Waals surface area contributed by atoms with E-state index in [4.69, 9.17) is 0 Å². The SMILES string of the molecule is CC(O)C1C(=O)N2C(C(=O)O)=C(SC3CCN(CC(=O)c4ccccc4)C3)C(C)[C@H]12. The van der Waals surface area contributed by atoms with Crippen molar-refractivity contribution in [3.63, 3.8) is 0 Å². The van der Waals surface area contributed by atoms with Crippen LogP contribution < -0.4 is 0 Å². The Hall–Kier alpha value is -2.16. The number of aliphatic carboxylic acids is 1. The van der Waals surface area contributed by atoms with Gasteiger partial charge in [0.05, 0.1) is 24.6 Å². The van der Waals surface area contributed by atoms with Crippen LogP contribution >= 0.6 is 11.8 Å². The molecule has 2 N–H and O–H groups in total. The maximum absolute atomic E-state index is 12.5. The lowest BCUT2D eigenvalue weighted by Gasteiger charge is -2.46. The number of amides is 1. The average molecular weight is 431 g/mol. The van der Waals surface area contributed by atoms with E-state index in [2.05, 4.69) is 4.90 Å². The summed E-state index contributed by atoms with van der Waals surface area (Å²) in [4.78, 5) is 41.0. The van der Waals surface area contributed by atoms with E-state index in [0.717, 1.165) is 13.0 Å². The first-order chi connectivity index (χ1) is 14.3. The van der Waals surface area contributed by atoms with E-state index in [-0.39, 0.29) is 34.6 Å². The van der Waals surface area contributed by atoms with Crippen molar-refractivity contribution in [2.75, 3.05) is 19.6 Å². The number of thioether (sulfide) groups is 1. The molecule has 0 spiro atoms. The van der Waals surface area contributed by atoms with Gasteiger partial charge in [-0.3, -0.25) is 14.5 Å². The number of nitrogens with zero attached hydrogens (tertiary/aromatic N) is 2. The fraction of sp³-hybridized carbons (Fsp3) is 0.500. The van der Waals surface area contributed by atoms with Crippen LogP contribution in [0.1, 0.15) is 30.6 Å². The third-order valence-electron chi connectivity index (χ3n) is 6.30. The number of carbonyl (C=O) groups excluding carboxylic acids is 2. The zero-order valence-electron chi connectivity index (χ0n) is 17.0. The number of carbonyl (C=O) groups is 3. The third kappa shape index (κ3) is 3.57. The van der Waals surface area contributed by atoms with E-state index in [0.29, 0.717) is 23.6 Å². The molecule has 7 nitrogen and oxygen atoms in total. The molecule has 3 heterocycles. The molecular weight excluding hydrogens is 404 g/mol. The summed E-state index contributed by atoms with van der Waals surface area (Å²) in [6.07, 6.45) is 0.0560. The van der Waals surface area contributed by atoms with E-state index in [9.17, 15) is 24.6 Å². The molecule has 4 rings (SSSR count). The molecule has 0 bridgehead atoms. The highest BCUT2D eigenvalue weighted by molar-refractivity contribution is 8.03. The number of carboxylic acid groups (broad SMARTS) is 1. The molecule has 0 saturated carbocycles. The molecule has 30 heavy (non-hydrogen) atoms. The van der Waals surface area contributed by atoms with Crippen molar-refractivity contribution in [2.24, 2.45) is 11.8 Å². The van der Waals surface area contributed by atoms with E-state index >= 15 is 0 Å². The molecule has 0 aliphatic carbocycles. The summed E-state index contributed by atoms with van der Waals surface area (Å²) in [5, 5.41) is 19.9. The number of Topliss-reactive ketones (excluding diaryl/α,β-unsaturated/α-hetero) is 1. The van der Waals surface area contributed by atoms with Crippen molar-refractivity contribution < 1.29 is 24.6 Å². The van der Waals surface area contributed by atoms with Crippen LogP contribution in [-0.4, -0.2) is 74.7 Å². The van der Waals surface area contributed by atoms with Gasteiger partial charge in [-0.1, -0.05) is 37.3 Å². The minimum absolute atomic E-state index is 0.0678. The van der Waals surface area contributed by atoms with Crippen molar-refractivity contribution in [2.45, 2.75) is 37.7 Å². The standard InChI is InChI=1S/C22H26N2O5S/c1-12-18-17(13(2)25)21(27)24(18)19(22(28)29)20(12)30-15-8-9-23(10-15)11-16(26)14-6-4-3-5-7-14/h3-7,12-13,15,17-18,25H,8-11H2,1-2H3,(H,28,29)/t12?,13?,15?,17?,18-/m1/s1. The van der Waals surface area contributed by atoms with Gasteiger partial charge in [-0.15, -0.1) is 11.8 Å². The lowest BCUT2D eigenvalue weighted by atomic mass is 9.79. The number of β-lactam (4-membered cyclic amide) rings is 1. The third-order valence-corrected chi connectivity index (χ3v) is 7.83.